The first-order valence-electron chi connectivity index (χ1n) is 6.44. The number of rotatable bonds is 6. The molecule has 2 rings (SSSR count). The van der Waals surface area contributed by atoms with Gasteiger partial charge in [0.15, 0.2) is 0 Å². The lowest BCUT2D eigenvalue weighted by atomic mass is 10.0. The number of carboxylic acid groups (broad SMARTS) is 1. The maximum Gasteiger partial charge on any atom is 0.310 e. The summed E-state index contributed by atoms with van der Waals surface area (Å²) in [5, 5.41) is 12.2. The predicted octanol–water partition coefficient (Wildman–Crippen LogP) is 1.95. The van der Waals surface area contributed by atoms with E-state index in [0.717, 1.165) is 16.8 Å². The summed E-state index contributed by atoms with van der Waals surface area (Å²) < 4.78 is 0. The minimum Gasteiger partial charge on any atom is -0.481 e. The number of nitrogens with zero attached hydrogens (tertiary/aromatic N) is 2. The molecule has 0 bridgehead atoms. The Morgan fingerprint density at radius 2 is 2.00 bits per heavy atom. The molecule has 2 aromatic rings. The van der Waals surface area contributed by atoms with E-state index in [1.54, 1.807) is 13.1 Å². The van der Waals surface area contributed by atoms with Crippen LogP contribution in [-0.4, -0.2) is 21.0 Å². The van der Waals surface area contributed by atoms with Crippen LogP contribution in [0.1, 0.15) is 29.7 Å². The first-order chi connectivity index (χ1) is 9.66. The predicted molar refractivity (Wildman–Crippen MR) is 75.1 cm³/mol. The molecule has 1 aromatic heterocycles. The molecule has 104 valence electrons. The van der Waals surface area contributed by atoms with Crippen molar-refractivity contribution in [2.75, 3.05) is 0 Å². The fourth-order valence-electron chi connectivity index (χ4n) is 1.82. The fourth-order valence-corrected chi connectivity index (χ4v) is 1.82. The second-order valence-electron chi connectivity index (χ2n) is 4.61. The zero-order valence-electron chi connectivity index (χ0n) is 11.3. The van der Waals surface area contributed by atoms with Crippen LogP contribution in [-0.2, 0) is 17.9 Å². The second kappa shape index (κ2) is 6.77. The first-order valence-corrected chi connectivity index (χ1v) is 6.44. The lowest BCUT2D eigenvalue weighted by Gasteiger charge is -2.08. The van der Waals surface area contributed by atoms with Crippen LogP contribution in [0.15, 0.2) is 42.9 Å². The van der Waals surface area contributed by atoms with Gasteiger partial charge in [-0.05, 0) is 24.1 Å². The number of benzene rings is 1. The molecular weight excluding hydrogens is 254 g/mol. The van der Waals surface area contributed by atoms with Crippen molar-refractivity contribution in [3.8, 4) is 0 Å². The summed E-state index contributed by atoms with van der Waals surface area (Å²) in [6, 6.07) is 9.48. The third kappa shape index (κ3) is 3.86. The molecule has 5 heteroatoms. The molecule has 1 heterocycles. The van der Waals surface area contributed by atoms with E-state index < -0.39 is 11.9 Å². The van der Waals surface area contributed by atoms with Gasteiger partial charge in [0, 0.05) is 19.3 Å². The average molecular weight is 271 g/mol. The first kappa shape index (κ1) is 14.1. The number of nitrogens with one attached hydrogen (secondary N) is 1. The van der Waals surface area contributed by atoms with Crippen molar-refractivity contribution in [3.05, 3.63) is 59.7 Å². The minimum absolute atomic E-state index is 0.474. The van der Waals surface area contributed by atoms with Crippen LogP contribution in [0.25, 0.3) is 0 Å². The number of carbonyl (C=O) groups is 1. The minimum atomic E-state index is -0.806. The molecule has 0 fully saturated rings. The highest BCUT2D eigenvalue weighted by Gasteiger charge is 2.12. The van der Waals surface area contributed by atoms with Gasteiger partial charge in [0.2, 0.25) is 0 Å². The van der Waals surface area contributed by atoms with Crippen LogP contribution in [0.3, 0.4) is 0 Å². The normalized spacial score (nSPS) is 12.1. The monoisotopic (exact) mass is 271 g/mol. The average Bonchev–Trinajstić information content (AvgIpc) is 2.48. The van der Waals surface area contributed by atoms with E-state index in [0.29, 0.717) is 13.1 Å². The summed E-state index contributed by atoms with van der Waals surface area (Å²) in [5.74, 6) is -1.28. The summed E-state index contributed by atoms with van der Waals surface area (Å²) in [6.45, 7) is 3.08. The smallest absolute Gasteiger partial charge is 0.310 e. The zero-order valence-corrected chi connectivity index (χ0v) is 11.3. The third-order valence-electron chi connectivity index (χ3n) is 3.13. The van der Waals surface area contributed by atoms with Crippen molar-refractivity contribution in [2.45, 2.75) is 25.9 Å². The Morgan fingerprint density at radius 3 is 2.60 bits per heavy atom. The lowest BCUT2D eigenvalue weighted by Crippen LogP contribution is -2.14. The second-order valence-corrected chi connectivity index (χ2v) is 4.61. The SMILES string of the molecule is CC(C(=O)O)c1ccc(CNCc2ccncn2)cc1. The third-order valence-corrected chi connectivity index (χ3v) is 3.13. The zero-order chi connectivity index (χ0) is 14.4. The summed E-state index contributed by atoms with van der Waals surface area (Å²) >= 11 is 0. The number of aliphatic carboxylic acids is 1. The van der Waals surface area contributed by atoms with E-state index in [4.69, 9.17) is 5.11 Å². The van der Waals surface area contributed by atoms with E-state index in [1.165, 1.54) is 6.33 Å². The molecule has 1 atom stereocenters. The van der Waals surface area contributed by atoms with Crippen LogP contribution < -0.4 is 5.32 Å². The molecule has 0 aliphatic carbocycles. The van der Waals surface area contributed by atoms with Gasteiger partial charge >= 0.3 is 5.97 Å². The molecule has 0 radical (unpaired) electrons. The summed E-state index contributed by atoms with van der Waals surface area (Å²) in [4.78, 5) is 18.9. The van der Waals surface area contributed by atoms with Crippen LogP contribution in [0.5, 0.6) is 0 Å². The van der Waals surface area contributed by atoms with Gasteiger partial charge in [-0.25, -0.2) is 9.97 Å². The molecule has 0 saturated heterocycles. The van der Waals surface area contributed by atoms with Gasteiger partial charge in [-0.3, -0.25) is 4.79 Å². The Hall–Kier alpha value is -2.27. The molecule has 0 amide bonds. The van der Waals surface area contributed by atoms with Gasteiger partial charge in [0.1, 0.15) is 6.33 Å². The summed E-state index contributed by atoms with van der Waals surface area (Å²) in [6.07, 6.45) is 3.24. The number of carboxylic acids is 1. The fraction of sp³-hybridized carbons (Fsp3) is 0.267. The van der Waals surface area contributed by atoms with Crippen LogP contribution in [0.4, 0.5) is 0 Å². The van der Waals surface area contributed by atoms with Crippen LogP contribution in [0.2, 0.25) is 0 Å². The maximum atomic E-state index is 10.9. The molecule has 0 saturated carbocycles. The van der Waals surface area contributed by atoms with Gasteiger partial charge in [0.05, 0.1) is 11.6 Å². The number of hydrogen-bond acceptors (Lipinski definition) is 4. The van der Waals surface area contributed by atoms with Crippen molar-refractivity contribution in [3.63, 3.8) is 0 Å². The van der Waals surface area contributed by atoms with Crippen molar-refractivity contribution >= 4 is 5.97 Å². The highest BCUT2D eigenvalue weighted by Crippen LogP contribution is 2.15. The van der Waals surface area contributed by atoms with E-state index in [2.05, 4.69) is 15.3 Å². The lowest BCUT2D eigenvalue weighted by molar-refractivity contribution is -0.138. The van der Waals surface area contributed by atoms with Gasteiger partial charge < -0.3 is 10.4 Å². The topological polar surface area (TPSA) is 75.1 Å². The Morgan fingerprint density at radius 1 is 1.25 bits per heavy atom. The Labute approximate surface area is 117 Å². The van der Waals surface area contributed by atoms with Crippen molar-refractivity contribution in [1.29, 1.82) is 0 Å². The number of hydrogen-bond donors (Lipinski definition) is 2. The molecule has 0 spiro atoms. The highest BCUT2D eigenvalue weighted by molar-refractivity contribution is 5.75. The standard InChI is InChI=1S/C15H17N3O2/c1-11(15(19)20)13-4-2-12(3-5-13)8-17-9-14-6-7-16-10-18-14/h2-7,10-11,17H,8-9H2,1H3,(H,19,20). The van der Waals surface area contributed by atoms with Gasteiger partial charge in [-0.15, -0.1) is 0 Å². The van der Waals surface area contributed by atoms with Crippen molar-refractivity contribution in [2.24, 2.45) is 0 Å². The van der Waals surface area contributed by atoms with Crippen LogP contribution in [0, 0.1) is 0 Å². The van der Waals surface area contributed by atoms with Gasteiger partial charge in [-0.1, -0.05) is 24.3 Å². The molecule has 1 unspecified atom stereocenters. The molecule has 1 aromatic carbocycles. The van der Waals surface area contributed by atoms with E-state index in [9.17, 15) is 4.79 Å². The number of aromatic nitrogens is 2. The van der Waals surface area contributed by atoms with E-state index >= 15 is 0 Å². The molecule has 5 nitrogen and oxygen atoms in total. The largest absolute Gasteiger partial charge is 0.481 e. The Bertz CT molecular complexity index is 555. The Kier molecular flexibility index (Phi) is 4.79. The van der Waals surface area contributed by atoms with Gasteiger partial charge in [-0.2, -0.15) is 0 Å². The highest BCUT2D eigenvalue weighted by atomic mass is 16.4. The molecule has 20 heavy (non-hydrogen) atoms. The molecule has 2 N–H and O–H groups in total. The summed E-state index contributed by atoms with van der Waals surface area (Å²) in [5.41, 5.74) is 2.87. The van der Waals surface area contributed by atoms with Gasteiger partial charge in [0.25, 0.3) is 0 Å². The molecule has 0 aliphatic heterocycles. The van der Waals surface area contributed by atoms with Crippen LogP contribution >= 0.6 is 0 Å². The summed E-state index contributed by atoms with van der Waals surface area (Å²) in [7, 11) is 0. The van der Waals surface area contributed by atoms with Crippen molar-refractivity contribution < 1.29 is 9.90 Å². The Balaban J connectivity index is 1.86. The molecule has 0 aliphatic rings. The molecular formula is C15H17N3O2. The van der Waals surface area contributed by atoms with E-state index in [1.807, 2.05) is 30.3 Å². The quantitative estimate of drug-likeness (QED) is 0.840. The van der Waals surface area contributed by atoms with E-state index in [-0.39, 0.29) is 0 Å². The maximum absolute atomic E-state index is 10.9. The van der Waals surface area contributed by atoms with Crippen molar-refractivity contribution in [1.82, 2.24) is 15.3 Å².